The second-order valence-electron chi connectivity index (χ2n) is 1.42. The summed E-state index contributed by atoms with van der Waals surface area (Å²) in [6.07, 6.45) is 0. The van der Waals surface area contributed by atoms with E-state index in [-0.39, 0.29) is 11.7 Å². The fourth-order valence-electron chi connectivity index (χ4n) is 0.268. The molecule has 0 unspecified atom stereocenters. The third-order valence-corrected chi connectivity index (χ3v) is 1.41. The first-order valence-electron chi connectivity index (χ1n) is 1.78. The van der Waals surface area contributed by atoms with E-state index in [4.69, 9.17) is 11.6 Å². The summed E-state index contributed by atoms with van der Waals surface area (Å²) in [6.45, 7) is 1.73. The van der Waals surface area contributed by atoms with Gasteiger partial charge in [-0.25, -0.2) is 4.39 Å². The van der Waals surface area contributed by atoms with E-state index in [1.165, 1.54) is 0 Å². The smallest absolute Gasteiger partial charge is 0.123 e. The first kappa shape index (κ1) is 4.13. The highest BCUT2D eigenvalue weighted by Crippen LogP contribution is 2.42. The van der Waals surface area contributed by atoms with Gasteiger partial charge in [0.1, 0.15) is 5.83 Å². The van der Waals surface area contributed by atoms with Crippen LogP contribution in [-0.2, 0) is 0 Å². The SMILES string of the molecule is C[C@@H]1C(F)=C1Cl. The zero-order chi connectivity index (χ0) is 4.73. The van der Waals surface area contributed by atoms with E-state index in [0.717, 1.165) is 0 Å². The highest BCUT2D eigenvalue weighted by Gasteiger charge is 2.30. The van der Waals surface area contributed by atoms with Crippen LogP contribution in [0.2, 0.25) is 0 Å². The predicted octanol–water partition coefficient (Wildman–Crippen LogP) is 2.06. The van der Waals surface area contributed by atoms with Crippen molar-refractivity contribution in [2.24, 2.45) is 5.92 Å². The first-order valence-corrected chi connectivity index (χ1v) is 2.16. The number of rotatable bonds is 0. The summed E-state index contributed by atoms with van der Waals surface area (Å²) in [5.74, 6) is -0.191. The maximum absolute atomic E-state index is 11.6. The maximum atomic E-state index is 11.6. The van der Waals surface area contributed by atoms with Crippen LogP contribution in [0.4, 0.5) is 4.39 Å². The van der Waals surface area contributed by atoms with Gasteiger partial charge in [0, 0.05) is 5.92 Å². The Labute approximate surface area is 40.6 Å². The lowest BCUT2D eigenvalue weighted by molar-refractivity contribution is 0.630. The molecule has 6 heavy (non-hydrogen) atoms. The van der Waals surface area contributed by atoms with Gasteiger partial charge in [-0.05, 0) is 0 Å². The average Bonchev–Trinajstić information content (AvgIpc) is 1.94. The molecule has 1 rings (SSSR count). The quantitative estimate of drug-likeness (QED) is 0.443. The van der Waals surface area contributed by atoms with Crippen LogP contribution in [0.15, 0.2) is 10.9 Å². The molecule has 1 atom stereocenters. The molecule has 0 aliphatic heterocycles. The molecular weight excluding hydrogens is 102 g/mol. The van der Waals surface area contributed by atoms with Crippen molar-refractivity contribution in [2.45, 2.75) is 6.92 Å². The van der Waals surface area contributed by atoms with Crippen molar-refractivity contribution in [2.75, 3.05) is 0 Å². The summed E-state index contributed by atoms with van der Waals surface area (Å²) in [7, 11) is 0. The Hall–Kier alpha value is -0.0400. The van der Waals surface area contributed by atoms with Gasteiger partial charge in [-0.3, -0.25) is 0 Å². The molecule has 0 aromatic carbocycles. The highest BCUT2D eigenvalue weighted by molar-refractivity contribution is 6.32. The van der Waals surface area contributed by atoms with Crippen LogP contribution in [-0.4, -0.2) is 0 Å². The van der Waals surface area contributed by atoms with Crippen molar-refractivity contribution in [3.8, 4) is 0 Å². The molecule has 0 heterocycles. The van der Waals surface area contributed by atoms with E-state index in [1.807, 2.05) is 0 Å². The van der Waals surface area contributed by atoms with Gasteiger partial charge in [-0.1, -0.05) is 18.5 Å². The fourth-order valence-corrected chi connectivity index (χ4v) is 0.473. The van der Waals surface area contributed by atoms with E-state index in [2.05, 4.69) is 0 Å². The Balaban J connectivity index is 2.54. The Morgan fingerprint density at radius 3 is 2.00 bits per heavy atom. The van der Waals surface area contributed by atoms with Crippen molar-refractivity contribution >= 4 is 11.6 Å². The van der Waals surface area contributed by atoms with Crippen molar-refractivity contribution in [3.63, 3.8) is 0 Å². The molecule has 0 saturated heterocycles. The number of allylic oxidation sites excluding steroid dienone is 2. The van der Waals surface area contributed by atoms with E-state index >= 15 is 0 Å². The minimum absolute atomic E-state index is 0.0494. The van der Waals surface area contributed by atoms with Crippen molar-refractivity contribution in [3.05, 3.63) is 10.9 Å². The number of hydrogen-bond donors (Lipinski definition) is 0. The Morgan fingerprint density at radius 2 is 2.00 bits per heavy atom. The molecule has 0 nitrogen and oxygen atoms in total. The zero-order valence-electron chi connectivity index (χ0n) is 3.33. The Bertz CT molecular complexity index is 94.1. The third-order valence-electron chi connectivity index (χ3n) is 0.905. The van der Waals surface area contributed by atoms with Crippen LogP contribution < -0.4 is 0 Å². The molecule has 0 bridgehead atoms. The molecule has 34 valence electrons. The molecular formula is C4H4ClF. The van der Waals surface area contributed by atoms with Gasteiger partial charge in [-0.15, -0.1) is 0 Å². The molecule has 0 saturated carbocycles. The topological polar surface area (TPSA) is 0 Å². The summed E-state index contributed by atoms with van der Waals surface area (Å²) >= 11 is 5.19. The summed E-state index contributed by atoms with van der Waals surface area (Å²) in [5.41, 5.74) is 0. The first-order chi connectivity index (χ1) is 2.73. The van der Waals surface area contributed by atoms with Gasteiger partial charge in [0.2, 0.25) is 0 Å². The molecule has 0 spiro atoms. The minimum Gasteiger partial charge on any atom is -0.210 e. The van der Waals surface area contributed by atoms with Crippen molar-refractivity contribution in [1.82, 2.24) is 0 Å². The summed E-state index contributed by atoms with van der Waals surface area (Å²) in [4.78, 5) is 0. The monoisotopic (exact) mass is 106 g/mol. The number of hydrogen-bond acceptors (Lipinski definition) is 0. The zero-order valence-corrected chi connectivity index (χ0v) is 4.09. The van der Waals surface area contributed by atoms with Gasteiger partial charge in [0.05, 0.1) is 5.03 Å². The molecule has 1 aliphatic rings. The van der Waals surface area contributed by atoms with Gasteiger partial charge < -0.3 is 0 Å². The van der Waals surface area contributed by atoms with E-state index in [0.29, 0.717) is 5.03 Å². The molecule has 0 N–H and O–H groups in total. The van der Waals surface area contributed by atoms with Crippen LogP contribution in [0.5, 0.6) is 0 Å². The van der Waals surface area contributed by atoms with Crippen LogP contribution in [0.3, 0.4) is 0 Å². The molecule has 0 aromatic rings. The Morgan fingerprint density at radius 1 is 1.83 bits per heavy atom. The second-order valence-corrected chi connectivity index (χ2v) is 1.82. The molecule has 0 fully saturated rings. The molecule has 0 radical (unpaired) electrons. The van der Waals surface area contributed by atoms with E-state index < -0.39 is 0 Å². The van der Waals surface area contributed by atoms with Gasteiger partial charge in [0.25, 0.3) is 0 Å². The van der Waals surface area contributed by atoms with Gasteiger partial charge >= 0.3 is 0 Å². The summed E-state index contributed by atoms with van der Waals surface area (Å²) < 4.78 is 11.6. The van der Waals surface area contributed by atoms with Gasteiger partial charge in [0.15, 0.2) is 0 Å². The largest absolute Gasteiger partial charge is 0.210 e. The van der Waals surface area contributed by atoms with Crippen LogP contribution >= 0.6 is 11.6 Å². The fraction of sp³-hybridized carbons (Fsp3) is 0.500. The lowest BCUT2D eigenvalue weighted by Gasteiger charge is -1.67. The van der Waals surface area contributed by atoms with Gasteiger partial charge in [-0.2, -0.15) is 0 Å². The molecule has 2 heteroatoms. The molecule has 0 amide bonds. The predicted molar refractivity (Wildman–Crippen MR) is 23.2 cm³/mol. The summed E-state index contributed by atoms with van der Waals surface area (Å²) in [5, 5.41) is 0.398. The Kier molecular flexibility index (Phi) is 0.667. The maximum Gasteiger partial charge on any atom is 0.123 e. The van der Waals surface area contributed by atoms with E-state index in [1.54, 1.807) is 6.92 Å². The lowest BCUT2D eigenvalue weighted by atomic mass is 10.5. The van der Waals surface area contributed by atoms with Crippen molar-refractivity contribution in [1.29, 1.82) is 0 Å². The standard InChI is InChI=1S/C4H4ClF/c1-2-3(5)4(2)6/h2H,1H3/t2-/m0/s1. The third kappa shape index (κ3) is 0.350. The highest BCUT2D eigenvalue weighted by atomic mass is 35.5. The van der Waals surface area contributed by atoms with Crippen LogP contribution in [0.25, 0.3) is 0 Å². The average molecular weight is 107 g/mol. The van der Waals surface area contributed by atoms with Crippen LogP contribution in [0.1, 0.15) is 6.92 Å². The van der Waals surface area contributed by atoms with E-state index in [9.17, 15) is 4.39 Å². The number of halogens is 2. The van der Waals surface area contributed by atoms with Crippen molar-refractivity contribution < 1.29 is 4.39 Å². The van der Waals surface area contributed by atoms with Crippen LogP contribution in [0, 0.1) is 5.92 Å². The normalized spacial score (nSPS) is 31.5. The molecule has 1 aliphatic carbocycles. The minimum atomic E-state index is -0.142. The lowest BCUT2D eigenvalue weighted by Crippen LogP contribution is -1.59. The summed E-state index contributed by atoms with van der Waals surface area (Å²) in [6, 6.07) is 0. The molecule has 0 aromatic heterocycles. The second kappa shape index (κ2) is 0.969.